The van der Waals surface area contributed by atoms with Crippen molar-refractivity contribution in [3.05, 3.63) is 33.8 Å². The molecular weight excluding hydrogens is 253 g/mol. The predicted molar refractivity (Wildman–Crippen MR) is 74.7 cm³/mol. The van der Waals surface area contributed by atoms with Gasteiger partial charge in [-0.1, -0.05) is 43.5 Å². The fourth-order valence-corrected chi connectivity index (χ4v) is 3.23. The van der Waals surface area contributed by atoms with E-state index in [4.69, 9.17) is 23.2 Å². The fraction of sp³-hybridized carbons (Fsp3) is 0.571. The van der Waals surface area contributed by atoms with E-state index in [2.05, 4.69) is 19.2 Å². The minimum Gasteiger partial charge on any atom is -0.309 e. The zero-order valence-corrected chi connectivity index (χ0v) is 11.9. The number of benzene rings is 1. The van der Waals surface area contributed by atoms with Crippen molar-refractivity contribution in [2.24, 2.45) is 5.41 Å². The lowest BCUT2D eigenvalue weighted by Crippen LogP contribution is -2.37. The molecule has 0 bridgehead atoms. The molecule has 1 atom stereocenters. The molecule has 0 spiro atoms. The maximum absolute atomic E-state index is 5.99. The van der Waals surface area contributed by atoms with E-state index in [1.807, 2.05) is 12.1 Å². The Labute approximate surface area is 114 Å². The van der Waals surface area contributed by atoms with E-state index >= 15 is 0 Å². The molecule has 1 nitrogen and oxygen atoms in total. The predicted octanol–water partition coefficient (Wildman–Crippen LogP) is 4.66. The van der Waals surface area contributed by atoms with E-state index in [0.717, 1.165) is 12.1 Å². The average Bonchev–Trinajstić information content (AvgIpc) is 2.53. The molecule has 1 aliphatic carbocycles. The van der Waals surface area contributed by atoms with Gasteiger partial charge in [0, 0.05) is 22.6 Å². The van der Waals surface area contributed by atoms with Crippen LogP contribution in [0.1, 0.15) is 38.7 Å². The smallest absolute Gasteiger partial charge is 0.0424 e. The van der Waals surface area contributed by atoms with Gasteiger partial charge in [-0.15, -0.1) is 0 Å². The summed E-state index contributed by atoms with van der Waals surface area (Å²) in [7, 11) is 0. The minimum absolute atomic E-state index is 0.405. The third-order valence-electron chi connectivity index (χ3n) is 3.73. The first kappa shape index (κ1) is 13.2. The molecular formula is C14H19Cl2N. The molecule has 1 unspecified atom stereocenters. The van der Waals surface area contributed by atoms with E-state index in [9.17, 15) is 0 Å². The first-order valence-electron chi connectivity index (χ1n) is 6.16. The minimum atomic E-state index is 0.405. The molecule has 0 radical (unpaired) electrons. The van der Waals surface area contributed by atoms with E-state index in [-0.39, 0.29) is 0 Å². The van der Waals surface area contributed by atoms with Gasteiger partial charge < -0.3 is 5.32 Å². The first-order valence-corrected chi connectivity index (χ1v) is 6.91. The Hall–Kier alpha value is -0.240. The standard InChI is InChI=1S/C14H19Cl2N/c1-14(2)5-3-4-13(14)17-9-10-6-11(15)8-12(16)7-10/h6-8,13,17H,3-5,9H2,1-2H3. The van der Waals surface area contributed by atoms with Crippen LogP contribution in [0.25, 0.3) is 0 Å². The lowest BCUT2D eigenvalue weighted by atomic mass is 9.87. The van der Waals surface area contributed by atoms with Crippen LogP contribution >= 0.6 is 23.2 Å². The third kappa shape index (κ3) is 3.37. The zero-order valence-electron chi connectivity index (χ0n) is 10.4. The molecule has 0 saturated heterocycles. The van der Waals surface area contributed by atoms with Crippen LogP contribution in [-0.4, -0.2) is 6.04 Å². The van der Waals surface area contributed by atoms with E-state index in [1.165, 1.54) is 19.3 Å². The van der Waals surface area contributed by atoms with Gasteiger partial charge in [0.15, 0.2) is 0 Å². The highest BCUT2D eigenvalue weighted by molar-refractivity contribution is 6.34. The Morgan fingerprint density at radius 3 is 2.41 bits per heavy atom. The molecule has 94 valence electrons. The molecule has 1 aromatic carbocycles. The second-order valence-corrected chi connectivity index (χ2v) is 6.46. The SMILES string of the molecule is CC1(C)CCCC1NCc1cc(Cl)cc(Cl)c1. The van der Waals surface area contributed by atoms with Crippen LogP contribution in [0.2, 0.25) is 10.0 Å². The molecule has 0 heterocycles. The molecule has 1 N–H and O–H groups in total. The molecule has 2 rings (SSSR count). The molecule has 1 aliphatic rings. The summed E-state index contributed by atoms with van der Waals surface area (Å²) in [5, 5.41) is 5.04. The molecule has 0 amide bonds. The summed E-state index contributed by atoms with van der Waals surface area (Å²) in [6.07, 6.45) is 3.89. The molecule has 1 fully saturated rings. The van der Waals surface area contributed by atoms with Crippen molar-refractivity contribution in [3.8, 4) is 0 Å². The van der Waals surface area contributed by atoms with Crippen LogP contribution in [-0.2, 0) is 6.54 Å². The van der Waals surface area contributed by atoms with Crippen molar-refractivity contribution < 1.29 is 0 Å². The maximum atomic E-state index is 5.99. The Morgan fingerprint density at radius 1 is 1.24 bits per heavy atom. The lowest BCUT2D eigenvalue weighted by Gasteiger charge is -2.28. The number of rotatable bonds is 3. The van der Waals surface area contributed by atoms with Gasteiger partial charge in [-0.2, -0.15) is 0 Å². The Bertz CT molecular complexity index is 381. The third-order valence-corrected chi connectivity index (χ3v) is 4.17. The topological polar surface area (TPSA) is 12.0 Å². The Kier molecular flexibility index (Phi) is 4.02. The highest BCUT2D eigenvalue weighted by Gasteiger charge is 2.33. The van der Waals surface area contributed by atoms with Crippen LogP contribution in [0, 0.1) is 5.41 Å². The number of nitrogens with one attached hydrogen (secondary N) is 1. The van der Waals surface area contributed by atoms with Crippen LogP contribution in [0.5, 0.6) is 0 Å². The van der Waals surface area contributed by atoms with Crippen molar-refractivity contribution in [1.29, 1.82) is 0 Å². The Balaban J connectivity index is 1.98. The molecule has 3 heteroatoms. The van der Waals surface area contributed by atoms with Gasteiger partial charge in [0.25, 0.3) is 0 Å². The summed E-state index contributed by atoms with van der Waals surface area (Å²) in [6.45, 7) is 5.51. The van der Waals surface area contributed by atoms with Crippen molar-refractivity contribution >= 4 is 23.2 Å². The van der Waals surface area contributed by atoms with Crippen molar-refractivity contribution in [3.63, 3.8) is 0 Å². The van der Waals surface area contributed by atoms with Gasteiger partial charge in [-0.25, -0.2) is 0 Å². The van der Waals surface area contributed by atoms with Crippen LogP contribution in [0.3, 0.4) is 0 Å². The van der Waals surface area contributed by atoms with Gasteiger partial charge in [0.1, 0.15) is 0 Å². The maximum Gasteiger partial charge on any atom is 0.0424 e. The van der Waals surface area contributed by atoms with Crippen molar-refractivity contribution in [2.45, 2.75) is 45.7 Å². The zero-order chi connectivity index (χ0) is 12.5. The molecule has 1 aromatic rings. The second-order valence-electron chi connectivity index (χ2n) is 5.59. The summed E-state index contributed by atoms with van der Waals surface area (Å²) in [5.74, 6) is 0. The number of halogens is 2. The number of hydrogen-bond acceptors (Lipinski definition) is 1. The molecule has 0 aliphatic heterocycles. The summed E-state index contributed by atoms with van der Waals surface area (Å²) in [5.41, 5.74) is 1.56. The first-order chi connectivity index (χ1) is 7.97. The van der Waals surface area contributed by atoms with E-state index in [0.29, 0.717) is 21.5 Å². The van der Waals surface area contributed by atoms with E-state index in [1.54, 1.807) is 6.07 Å². The van der Waals surface area contributed by atoms with Gasteiger partial charge >= 0.3 is 0 Å². The van der Waals surface area contributed by atoms with Crippen LogP contribution in [0.4, 0.5) is 0 Å². The van der Waals surface area contributed by atoms with Gasteiger partial charge in [-0.05, 0) is 42.0 Å². The largest absolute Gasteiger partial charge is 0.309 e. The number of hydrogen-bond donors (Lipinski definition) is 1. The van der Waals surface area contributed by atoms with Gasteiger partial charge in [-0.3, -0.25) is 0 Å². The summed E-state index contributed by atoms with van der Waals surface area (Å²) in [4.78, 5) is 0. The fourth-order valence-electron chi connectivity index (χ4n) is 2.66. The quantitative estimate of drug-likeness (QED) is 0.843. The summed E-state index contributed by atoms with van der Waals surface area (Å²) in [6, 6.07) is 6.32. The highest BCUT2D eigenvalue weighted by Crippen LogP contribution is 2.37. The average molecular weight is 272 g/mol. The normalized spacial score (nSPS) is 22.9. The molecule has 0 aromatic heterocycles. The summed E-state index contributed by atoms with van der Waals surface area (Å²) < 4.78 is 0. The van der Waals surface area contributed by atoms with Crippen molar-refractivity contribution in [1.82, 2.24) is 5.32 Å². The van der Waals surface area contributed by atoms with Crippen LogP contribution in [0.15, 0.2) is 18.2 Å². The summed E-state index contributed by atoms with van der Waals surface area (Å²) >= 11 is 12.0. The second kappa shape index (κ2) is 5.17. The lowest BCUT2D eigenvalue weighted by molar-refractivity contribution is 0.282. The van der Waals surface area contributed by atoms with Gasteiger partial charge in [0.2, 0.25) is 0 Å². The van der Waals surface area contributed by atoms with E-state index < -0.39 is 0 Å². The molecule has 17 heavy (non-hydrogen) atoms. The van der Waals surface area contributed by atoms with Gasteiger partial charge in [0.05, 0.1) is 0 Å². The highest BCUT2D eigenvalue weighted by atomic mass is 35.5. The Morgan fingerprint density at radius 2 is 1.88 bits per heavy atom. The monoisotopic (exact) mass is 271 g/mol. The van der Waals surface area contributed by atoms with Crippen LogP contribution < -0.4 is 5.32 Å². The molecule has 1 saturated carbocycles. The van der Waals surface area contributed by atoms with Crippen molar-refractivity contribution in [2.75, 3.05) is 0 Å².